The molecule has 3 rings (SSSR count). The maximum absolute atomic E-state index is 12.4. The fourth-order valence-electron chi connectivity index (χ4n) is 2.15. The molecule has 0 saturated carbocycles. The molecule has 2 aromatic rings. The van der Waals surface area contributed by atoms with Gasteiger partial charge in [0.25, 0.3) is 5.91 Å². The largest absolute Gasteiger partial charge is 0.311 e. The van der Waals surface area contributed by atoms with Gasteiger partial charge in [-0.1, -0.05) is 11.6 Å². The van der Waals surface area contributed by atoms with Crippen LogP contribution in [-0.4, -0.2) is 23.7 Å². The third-order valence-corrected chi connectivity index (χ3v) is 5.31. The summed E-state index contributed by atoms with van der Waals surface area (Å²) in [5.41, 5.74) is 1.56. The minimum Gasteiger partial charge on any atom is -0.311 e. The first-order valence-corrected chi connectivity index (χ1v) is 8.93. The zero-order chi connectivity index (χ0) is 14.8. The number of aromatic nitrogens is 1. The number of halogens is 1. The molecule has 2 heterocycles. The predicted octanol–water partition coefficient (Wildman–Crippen LogP) is 3.42. The predicted molar refractivity (Wildman–Crippen MR) is 88.7 cm³/mol. The zero-order valence-corrected chi connectivity index (χ0v) is 13.8. The van der Waals surface area contributed by atoms with E-state index in [1.165, 1.54) is 16.2 Å². The molecule has 0 atom stereocenters. The maximum Gasteiger partial charge on any atom is 0.258 e. The Hall–Kier alpha value is -1.08. The Bertz CT molecular complexity index is 663. The third kappa shape index (κ3) is 3.23. The Labute approximate surface area is 136 Å². The van der Waals surface area contributed by atoms with Gasteiger partial charge >= 0.3 is 0 Å². The standard InChI is InChI=1S/C14H14ClN3OS2/c1-20-8-2-3-10(15)9(6-8)13(19)18-14-17-11-4-5-16-7-12(11)21-14/h2-3,6,16H,4-5,7H2,1H3,(H,17,18,19). The van der Waals surface area contributed by atoms with Crippen LogP contribution >= 0.6 is 34.7 Å². The number of hydrogen-bond acceptors (Lipinski definition) is 5. The van der Waals surface area contributed by atoms with E-state index in [1.807, 2.05) is 12.3 Å². The molecule has 0 radical (unpaired) electrons. The SMILES string of the molecule is CSc1ccc(Cl)c(C(=O)Nc2nc3c(s2)CNCC3)c1. The van der Waals surface area contributed by atoms with Gasteiger partial charge < -0.3 is 5.32 Å². The van der Waals surface area contributed by atoms with Crippen molar-refractivity contribution in [2.75, 3.05) is 18.1 Å². The second-order valence-electron chi connectivity index (χ2n) is 4.62. The number of amides is 1. The Balaban J connectivity index is 1.81. The van der Waals surface area contributed by atoms with Gasteiger partial charge in [0.2, 0.25) is 0 Å². The molecule has 1 amide bonds. The summed E-state index contributed by atoms with van der Waals surface area (Å²) in [6.07, 6.45) is 2.87. The van der Waals surface area contributed by atoms with Crippen LogP contribution in [0.1, 0.15) is 20.9 Å². The highest BCUT2D eigenvalue weighted by atomic mass is 35.5. The molecule has 4 nitrogen and oxygen atoms in total. The van der Waals surface area contributed by atoms with E-state index < -0.39 is 0 Å². The van der Waals surface area contributed by atoms with E-state index in [9.17, 15) is 4.79 Å². The summed E-state index contributed by atoms with van der Waals surface area (Å²) < 4.78 is 0. The van der Waals surface area contributed by atoms with Gasteiger partial charge in [-0.25, -0.2) is 4.98 Å². The van der Waals surface area contributed by atoms with Crippen LogP contribution in [0.3, 0.4) is 0 Å². The monoisotopic (exact) mass is 339 g/mol. The molecule has 2 N–H and O–H groups in total. The van der Waals surface area contributed by atoms with Crippen LogP contribution in [0.25, 0.3) is 0 Å². The van der Waals surface area contributed by atoms with Crippen LogP contribution in [0.4, 0.5) is 5.13 Å². The molecule has 21 heavy (non-hydrogen) atoms. The highest BCUT2D eigenvalue weighted by Gasteiger charge is 2.18. The normalized spacial score (nSPS) is 13.8. The summed E-state index contributed by atoms with van der Waals surface area (Å²) in [5.74, 6) is -0.213. The molecule has 0 bridgehead atoms. The number of thiazole rings is 1. The smallest absolute Gasteiger partial charge is 0.258 e. The Kier molecular flexibility index (Phi) is 4.49. The van der Waals surface area contributed by atoms with E-state index in [1.54, 1.807) is 23.9 Å². The van der Waals surface area contributed by atoms with Crippen molar-refractivity contribution in [3.63, 3.8) is 0 Å². The average molecular weight is 340 g/mol. The van der Waals surface area contributed by atoms with Crippen LogP contribution in [0, 0.1) is 0 Å². The van der Waals surface area contributed by atoms with Crippen LogP contribution in [0.5, 0.6) is 0 Å². The molecule has 0 aliphatic carbocycles. The maximum atomic E-state index is 12.4. The van der Waals surface area contributed by atoms with E-state index in [4.69, 9.17) is 11.6 Å². The topological polar surface area (TPSA) is 54.0 Å². The Morgan fingerprint density at radius 1 is 1.52 bits per heavy atom. The van der Waals surface area contributed by atoms with Gasteiger partial charge in [-0.15, -0.1) is 23.1 Å². The minimum atomic E-state index is -0.213. The number of nitrogens with zero attached hydrogens (tertiary/aromatic N) is 1. The lowest BCUT2D eigenvalue weighted by Gasteiger charge is -2.09. The van der Waals surface area contributed by atoms with Gasteiger partial charge in [-0.2, -0.15) is 0 Å². The van der Waals surface area contributed by atoms with Crippen molar-refractivity contribution in [1.29, 1.82) is 0 Å². The highest BCUT2D eigenvalue weighted by Crippen LogP contribution is 2.27. The number of anilines is 1. The van der Waals surface area contributed by atoms with Crippen molar-refractivity contribution in [3.05, 3.63) is 39.4 Å². The number of fused-ring (bicyclic) bond motifs is 1. The zero-order valence-electron chi connectivity index (χ0n) is 11.4. The van der Waals surface area contributed by atoms with Crippen molar-refractivity contribution < 1.29 is 4.79 Å². The number of carbonyl (C=O) groups is 1. The lowest BCUT2D eigenvalue weighted by atomic mass is 10.2. The third-order valence-electron chi connectivity index (χ3n) is 3.24. The molecule has 1 aliphatic rings. The molecule has 1 aliphatic heterocycles. The summed E-state index contributed by atoms with van der Waals surface area (Å²) in [5, 5.41) is 7.24. The lowest BCUT2D eigenvalue weighted by Crippen LogP contribution is -2.22. The highest BCUT2D eigenvalue weighted by molar-refractivity contribution is 7.98. The molecule has 0 unspecified atom stereocenters. The van der Waals surface area contributed by atoms with Gasteiger partial charge in [-0.3, -0.25) is 10.1 Å². The summed E-state index contributed by atoms with van der Waals surface area (Å²) in [4.78, 5) is 19.1. The van der Waals surface area contributed by atoms with Crippen molar-refractivity contribution in [2.45, 2.75) is 17.9 Å². The Morgan fingerprint density at radius 3 is 3.14 bits per heavy atom. The first-order valence-electron chi connectivity index (χ1n) is 6.51. The molecular weight excluding hydrogens is 326 g/mol. The molecule has 0 saturated heterocycles. The van der Waals surface area contributed by atoms with Gasteiger partial charge in [-0.05, 0) is 24.5 Å². The lowest BCUT2D eigenvalue weighted by molar-refractivity contribution is 0.102. The van der Waals surface area contributed by atoms with Crippen LogP contribution in [-0.2, 0) is 13.0 Å². The summed E-state index contributed by atoms with van der Waals surface area (Å²) in [7, 11) is 0. The van der Waals surface area contributed by atoms with Gasteiger partial charge in [0, 0.05) is 29.3 Å². The van der Waals surface area contributed by atoms with Gasteiger partial charge in [0.1, 0.15) is 0 Å². The summed E-state index contributed by atoms with van der Waals surface area (Å²) in [6, 6.07) is 5.45. The van der Waals surface area contributed by atoms with Gasteiger partial charge in [0.15, 0.2) is 5.13 Å². The van der Waals surface area contributed by atoms with E-state index >= 15 is 0 Å². The van der Waals surface area contributed by atoms with E-state index in [2.05, 4.69) is 15.6 Å². The quantitative estimate of drug-likeness (QED) is 0.841. The number of benzene rings is 1. The first-order chi connectivity index (χ1) is 10.2. The van der Waals surface area contributed by atoms with Crippen molar-refractivity contribution in [2.24, 2.45) is 0 Å². The summed E-state index contributed by atoms with van der Waals surface area (Å²) in [6.45, 7) is 1.76. The molecule has 1 aromatic heterocycles. The van der Waals surface area contributed by atoms with Gasteiger partial charge in [0.05, 0.1) is 16.3 Å². The van der Waals surface area contributed by atoms with Crippen LogP contribution < -0.4 is 10.6 Å². The minimum absolute atomic E-state index is 0.213. The Morgan fingerprint density at radius 2 is 2.38 bits per heavy atom. The van der Waals surface area contributed by atoms with Crippen LogP contribution in [0.2, 0.25) is 5.02 Å². The second kappa shape index (κ2) is 6.36. The second-order valence-corrected chi connectivity index (χ2v) is 6.99. The fraction of sp³-hybridized carbons (Fsp3) is 0.286. The number of hydrogen-bond donors (Lipinski definition) is 2. The van der Waals surface area contributed by atoms with Crippen molar-refractivity contribution in [1.82, 2.24) is 10.3 Å². The number of carbonyl (C=O) groups excluding carboxylic acids is 1. The molecular formula is C14H14ClN3OS2. The van der Waals surface area contributed by atoms with Crippen molar-refractivity contribution in [3.8, 4) is 0 Å². The molecule has 0 spiro atoms. The number of rotatable bonds is 3. The average Bonchev–Trinajstić information content (AvgIpc) is 2.89. The first kappa shape index (κ1) is 14.8. The van der Waals surface area contributed by atoms with E-state index in [0.717, 1.165) is 30.1 Å². The fourth-order valence-corrected chi connectivity index (χ4v) is 3.76. The number of nitrogens with one attached hydrogen (secondary N) is 2. The van der Waals surface area contributed by atoms with Crippen LogP contribution in [0.15, 0.2) is 23.1 Å². The molecule has 0 fully saturated rings. The van der Waals surface area contributed by atoms with E-state index in [-0.39, 0.29) is 5.91 Å². The molecule has 110 valence electrons. The van der Waals surface area contributed by atoms with Crippen molar-refractivity contribution >= 4 is 45.7 Å². The number of thioether (sulfide) groups is 1. The summed E-state index contributed by atoms with van der Waals surface area (Å²) >= 11 is 9.22. The molecule has 1 aromatic carbocycles. The molecule has 7 heteroatoms. The van der Waals surface area contributed by atoms with E-state index in [0.29, 0.717) is 15.7 Å².